The number of hydrogen-bond donors (Lipinski definition) is 0. The molecule has 1 atom stereocenters. The van der Waals surface area contributed by atoms with E-state index in [1.54, 1.807) is 24.3 Å². The van der Waals surface area contributed by atoms with Gasteiger partial charge in [0.1, 0.15) is 5.92 Å². The lowest BCUT2D eigenvalue weighted by atomic mass is 9.93. The SMILES string of the molecule is N#C[C@@H](C(=O)c1ccccc1)C1=NCCC1. The monoisotopic (exact) mass is 212 g/mol. The van der Waals surface area contributed by atoms with Crippen LogP contribution in [0.1, 0.15) is 23.2 Å². The number of aliphatic imine (C=N–C) groups is 1. The largest absolute Gasteiger partial charge is 0.292 e. The van der Waals surface area contributed by atoms with Crippen LogP contribution in [0.3, 0.4) is 0 Å². The fraction of sp³-hybridized carbons (Fsp3) is 0.308. The second kappa shape index (κ2) is 4.71. The zero-order chi connectivity index (χ0) is 11.4. The predicted molar refractivity (Wildman–Crippen MR) is 61.4 cm³/mol. The summed E-state index contributed by atoms with van der Waals surface area (Å²) in [4.78, 5) is 16.3. The summed E-state index contributed by atoms with van der Waals surface area (Å²) < 4.78 is 0. The number of Topliss-reactive ketones (excluding diaryl/α,β-unsaturated/α-hetero) is 1. The van der Waals surface area contributed by atoms with E-state index < -0.39 is 5.92 Å². The summed E-state index contributed by atoms with van der Waals surface area (Å²) in [5.74, 6) is -0.825. The van der Waals surface area contributed by atoms with E-state index in [1.165, 1.54) is 0 Å². The van der Waals surface area contributed by atoms with Crippen LogP contribution in [0.5, 0.6) is 0 Å². The highest BCUT2D eigenvalue weighted by Gasteiger charge is 2.26. The predicted octanol–water partition coefficient (Wildman–Crippen LogP) is 2.24. The first kappa shape index (κ1) is 10.6. The van der Waals surface area contributed by atoms with Gasteiger partial charge in [-0.25, -0.2) is 0 Å². The van der Waals surface area contributed by atoms with Crippen LogP contribution in [0.4, 0.5) is 0 Å². The van der Waals surface area contributed by atoms with Crippen LogP contribution in [-0.2, 0) is 0 Å². The minimum atomic E-state index is -0.690. The van der Waals surface area contributed by atoms with Gasteiger partial charge in [0, 0.05) is 17.8 Å². The first-order chi connectivity index (χ1) is 7.83. The summed E-state index contributed by atoms with van der Waals surface area (Å²) in [5.41, 5.74) is 1.33. The maximum Gasteiger partial charge on any atom is 0.185 e. The van der Waals surface area contributed by atoms with E-state index >= 15 is 0 Å². The van der Waals surface area contributed by atoms with Crippen molar-refractivity contribution < 1.29 is 4.79 Å². The van der Waals surface area contributed by atoms with E-state index in [-0.39, 0.29) is 5.78 Å². The van der Waals surface area contributed by atoms with Gasteiger partial charge in [0.05, 0.1) is 6.07 Å². The van der Waals surface area contributed by atoms with Crippen molar-refractivity contribution >= 4 is 11.5 Å². The fourth-order valence-corrected chi connectivity index (χ4v) is 1.85. The van der Waals surface area contributed by atoms with E-state index in [9.17, 15) is 4.79 Å². The summed E-state index contributed by atoms with van der Waals surface area (Å²) in [6, 6.07) is 11.0. The molecule has 1 aliphatic heterocycles. The van der Waals surface area contributed by atoms with Gasteiger partial charge in [-0.3, -0.25) is 9.79 Å². The number of ketones is 1. The Labute approximate surface area is 94.4 Å². The number of rotatable bonds is 3. The number of nitriles is 1. The van der Waals surface area contributed by atoms with Crippen molar-refractivity contribution in [2.75, 3.05) is 6.54 Å². The van der Waals surface area contributed by atoms with Crippen LogP contribution >= 0.6 is 0 Å². The minimum Gasteiger partial charge on any atom is -0.292 e. The third kappa shape index (κ3) is 2.01. The summed E-state index contributed by atoms with van der Waals surface area (Å²) in [6.45, 7) is 0.746. The zero-order valence-corrected chi connectivity index (χ0v) is 8.89. The molecule has 0 unspecified atom stereocenters. The molecule has 1 heterocycles. The van der Waals surface area contributed by atoms with Crippen molar-refractivity contribution in [1.29, 1.82) is 5.26 Å². The molecule has 1 aliphatic rings. The molecule has 0 saturated heterocycles. The molecule has 0 saturated carbocycles. The first-order valence-corrected chi connectivity index (χ1v) is 5.35. The Morgan fingerprint density at radius 3 is 2.69 bits per heavy atom. The molecule has 0 radical (unpaired) electrons. The van der Waals surface area contributed by atoms with Crippen molar-refractivity contribution in [2.45, 2.75) is 12.8 Å². The van der Waals surface area contributed by atoms with Crippen LogP contribution in [0, 0.1) is 17.2 Å². The Kier molecular flexibility index (Phi) is 3.11. The lowest BCUT2D eigenvalue weighted by Gasteiger charge is -2.07. The summed E-state index contributed by atoms with van der Waals surface area (Å²) >= 11 is 0. The second-order valence-corrected chi connectivity index (χ2v) is 3.77. The highest BCUT2D eigenvalue weighted by Crippen LogP contribution is 2.17. The molecule has 2 rings (SSSR count). The van der Waals surface area contributed by atoms with Gasteiger partial charge in [-0.1, -0.05) is 30.3 Å². The molecule has 3 nitrogen and oxygen atoms in total. The molecular weight excluding hydrogens is 200 g/mol. The lowest BCUT2D eigenvalue weighted by Crippen LogP contribution is -2.21. The van der Waals surface area contributed by atoms with E-state index in [0.717, 1.165) is 25.1 Å². The molecule has 0 spiro atoms. The van der Waals surface area contributed by atoms with Gasteiger partial charge in [0.15, 0.2) is 5.78 Å². The molecular formula is C13H12N2O. The van der Waals surface area contributed by atoms with Gasteiger partial charge in [-0.15, -0.1) is 0 Å². The molecule has 80 valence electrons. The maximum atomic E-state index is 12.1. The molecule has 0 amide bonds. The lowest BCUT2D eigenvalue weighted by molar-refractivity contribution is 0.0974. The van der Waals surface area contributed by atoms with Crippen LogP contribution in [-0.4, -0.2) is 18.0 Å². The zero-order valence-electron chi connectivity index (χ0n) is 8.89. The van der Waals surface area contributed by atoms with Crippen LogP contribution in [0.15, 0.2) is 35.3 Å². The smallest absolute Gasteiger partial charge is 0.185 e. The van der Waals surface area contributed by atoms with Crippen molar-refractivity contribution in [3.63, 3.8) is 0 Å². The van der Waals surface area contributed by atoms with E-state index in [0.29, 0.717) is 5.56 Å². The highest BCUT2D eigenvalue weighted by molar-refractivity contribution is 6.14. The van der Waals surface area contributed by atoms with Crippen molar-refractivity contribution in [3.05, 3.63) is 35.9 Å². The van der Waals surface area contributed by atoms with Gasteiger partial charge >= 0.3 is 0 Å². The second-order valence-electron chi connectivity index (χ2n) is 3.77. The third-order valence-corrected chi connectivity index (χ3v) is 2.69. The summed E-state index contributed by atoms with van der Waals surface area (Å²) in [7, 11) is 0. The van der Waals surface area contributed by atoms with E-state index in [2.05, 4.69) is 11.1 Å². The molecule has 0 fully saturated rings. The number of carbonyl (C=O) groups excluding carboxylic acids is 1. The van der Waals surface area contributed by atoms with Crippen LogP contribution < -0.4 is 0 Å². The minimum absolute atomic E-state index is 0.135. The van der Waals surface area contributed by atoms with Gasteiger partial charge in [-0.05, 0) is 12.8 Å². The number of nitrogens with zero attached hydrogens (tertiary/aromatic N) is 2. The highest BCUT2D eigenvalue weighted by atomic mass is 16.1. The van der Waals surface area contributed by atoms with Gasteiger partial charge in [0.25, 0.3) is 0 Å². The Bertz CT molecular complexity index is 457. The summed E-state index contributed by atoms with van der Waals surface area (Å²) in [6.07, 6.45) is 1.73. The first-order valence-electron chi connectivity index (χ1n) is 5.35. The van der Waals surface area contributed by atoms with Gasteiger partial charge < -0.3 is 0 Å². The Morgan fingerprint density at radius 1 is 1.38 bits per heavy atom. The molecule has 0 aromatic heterocycles. The van der Waals surface area contributed by atoms with Crippen LogP contribution in [0.2, 0.25) is 0 Å². The number of benzene rings is 1. The topological polar surface area (TPSA) is 53.2 Å². The van der Waals surface area contributed by atoms with Crippen LogP contribution in [0.25, 0.3) is 0 Å². The van der Waals surface area contributed by atoms with E-state index in [4.69, 9.17) is 5.26 Å². The average molecular weight is 212 g/mol. The summed E-state index contributed by atoms with van der Waals surface area (Å²) in [5, 5.41) is 9.07. The number of carbonyl (C=O) groups is 1. The Hall–Kier alpha value is -1.95. The molecule has 16 heavy (non-hydrogen) atoms. The standard InChI is InChI=1S/C13H12N2O/c14-9-11(12-7-4-8-15-12)13(16)10-5-2-1-3-6-10/h1-3,5-6,11H,4,7-8H2/t11-/m1/s1. The van der Waals surface area contributed by atoms with E-state index in [1.807, 2.05) is 6.07 Å². The normalized spacial score (nSPS) is 16.3. The quantitative estimate of drug-likeness (QED) is 0.721. The molecule has 0 bridgehead atoms. The molecule has 1 aromatic rings. The van der Waals surface area contributed by atoms with Gasteiger partial charge in [0.2, 0.25) is 0 Å². The Morgan fingerprint density at radius 2 is 2.12 bits per heavy atom. The molecule has 1 aromatic carbocycles. The third-order valence-electron chi connectivity index (χ3n) is 2.69. The van der Waals surface area contributed by atoms with Gasteiger partial charge in [-0.2, -0.15) is 5.26 Å². The maximum absolute atomic E-state index is 12.1. The average Bonchev–Trinajstić information content (AvgIpc) is 2.85. The Balaban J connectivity index is 2.23. The molecule has 0 N–H and O–H groups in total. The fourth-order valence-electron chi connectivity index (χ4n) is 1.85. The molecule has 0 aliphatic carbocycles. The van der Waals surface area contributed by atoms with Crippen molar-refractivity contribution in [3.8, 4) is 6.07 Å². The van der Waals surface area contributed by atoms with Crippen molar-refractivity contribution in [2.24, 2.45) is 10.9 Å². The van der Waals surface area contributed by atoms with Crippen molar-refractivity contribution in [1.82, 2.24) is 0 Å². The number of hydrogen-bond acceptors (Lipinski definition) is 3. The molecule has 3 heteroatoms.